The van der Waals surface area contributed by atoms with Gasteiger partial charge >= 0.3 is 0 Å². The van der Waals surface area contributed by atoms with Crippen molar-refractivity contribution in [1.82, 2.24) is 19.5 Å². The summed E-state index contributed by atoms with van der Waals surface area (Å²) in [6.07, 6.45) is 5.86. The second-order valence-electron chi connectivity index (χ2n) is 7.08. The smallest absolute Gasteiger partial charge is 0.203 e. The van der Waals surface area contributed by atoms with E-state index in [4.69, 9.17) is 24.9 Å². The second-order valence-corrected chi connectivity index (χ2v) is 7.08. The number of imidazole rings is 1. The number of fused-ring (bicyclic) bond motifs is 1. The first kappa shape index (κ1) is 18.3. The van der Waals surface area contributed by atoms with Gasteiger partial charge in [0, 0.05) is 13.0 Å². The van der Waals surface area contributed by atoms with Crippen molar-refractivity contribution in [2.45, 2.75) is 32.2 Å². The van der Waals surface area contributed by atoms with E-state index in [0.29, 0.717) is 40.9 Å². The standard InChI is InChI=1S/C20H25N5O3/c1-26-14-7-13(8-15(27-2)18(14)28-3)9-16-24-17-19(21)22-11-23-20(17)25(16)10-12-5-4-6-12/h7-8,11-12H,4-6,9-10H2,1-3H3,(H2,21,22,23). The Labute approximate surface area is 163 Å². The van der Waals surface area contributed by atoms with Gasteiger partial charge in [-0.25, -0.2) is 15.0 Å². The Bertz CT molecular complexity index is 972. The lowest BCUT2D eigenvalue weighted by Crippen LogP contribution is -2.20. The van der Waals surface area contributed by atoms with E-state index in [0.717, 1.165) is 23.6 Å². The SMILES string of the molecule is COc1cc(Cc2nc3c(N)ncnc3n2CC2CCC2)cc(OC)c1OC. The second kappa shape index (κ2) is 7.53. The number of nitrogens with two attached hydrogens (primary N) is 1. The van der Waals surface area contributed by atoms with Crippen LogP contribution in [-0.4, -0.2) is 40.8 Å². The summed E-state index contributed by atoms with van der Waals surface area (Å²) in [5.74, 6) is 3.79. The van der Waals surface area contributed by atoms with E-state index in [1.165, 1.54) is 25.6 Å². The van der Waals surface area contributed by atoms with E-state index in [9.17, 15) is 0 Å². The maximum absolute atomic E-state index is 6.05. The fourth-order valence-corrected chi connectivity index (χ4v) is 3.68. The van der Waals surface area contributed by atoms with E-state index in [1.807, 2.05) is 12.1 Å². The normalized spacial score (nSPS) is 14.1. The Morgan fingerprint density at radius 2 is 1.79 bits per heavy atom. The van der Waals surface area contributed by atoms with Crippen LogP contribution in [0, 0.1) is 5.92 Å². The van der Waals surface area contributed by atoms with Crippen LogP contribution >= 0.6 is 0 Å². The lowest BCUT2D eigenvalue weighted by molar-refractivity contribution is 0.276. The molecule has 0 radical (unpaired) electrons. The van der Waals surface area contributed by atoms with Crippen molar-refractivity contribution in [1.29, 1.82) is 0 Å². The number of nitrogen functional groups attached to an aromatic ring is 1. The minimum Gasteiger partial charge on any atom is -0.493 e. The molecule has 8 heteroatoms. The summed E-state index contributed by atoms with van der Waals surface area (Å²) >= 11 is 0. The molecule has 3 aromatic rings. The summed E-state index contributed by atoms with van der Waals surface area (Å²) in [7, 11) is 4.83. The molecule has 2 aromatic heterocycles. The Morgan fingerprint density at radius 1 is 1.07 bits per heavy atom. The molecule has 2 N–H and O–H groups in total. The Balaban J connectivity index is 1.77. The van der Waals surface area contributed by atoms with E-state index in [1.54, 1.807) is 21.3 Å². The third-order valence-corrected chi connectivity index (χ3v) is 5.39. The van der Waals surface area contributed by atoms with Gasteiger partial charge in [-0.15, -0.1) is 0 Å². The van der Waals surface area contributed by atoms with Crippen molar-refractivity contribution in [3.05, 3.63) is 29.8 Å². The molecule has 0 unspecified atom stereocenters. The predicted octanol–water partition coefficient (Wildman–Crippen LogP) is 2.83. The average molecular weight is 383 g/mol. The van der Waals surface area contributed by atoms with Gasteiger partial charge in [0.2, 0.25) is 5.75 Å². The van der Waals surface area contributed by atoms with Crippen molar-refractivity contribution >= 4 is 17.0 Å². The molecule has 1 fully saturated rings. The topological polar surface area (TPSA) is 97.3 Å². The van der Waals surface area contributed by atoms with Crippen LogP contribution in [0.25, 0.3) is 11.2 Å². The summed E-state index contributed by atoms with van der Waals surface area (Å²) < 4.78 is 18.6. The molecule has 2 heterocycles. The zero-order valence-corrected chi connectivity index (χ0v) is 16.4. The molecular formula is C20H25N5O3. The number of nitrogens with zero attached hydrogens (tertiary/aromatic N) is 4. The van der Waals surface area contributed by atoms with E-state index in [-0.39, 0.29) is 0 Å². The molecule has 28 heavy (non-hydrogen) atoms. The molecular weight excluding hydrogens is 358 g/mol. The highest BCUT2D eigenvalue weighted by atomic mass is 16.5. The number of anilines is 1. The molecule has 0 aliphatic heterocycles. The van der Waals surface area contributed by atoms with Gasteiger partial charge < -0.3 is 24.5 Å². The largest absolute Gasteiger partial charge is 0.493 e. The number of hydrogen-bond donors (Lipinski definition) is 1. The minimum absolute atomic E-state index is 0.406. The molecule has 1 aliphatic rings. The Hall–Kier alpha value is -3.03. The van der Waals surface area contributed by atoms with Crippen LogP contribution in [-0.2, 0) is 13.0 Å². The number of hydrogen-bond acceptors (Lipinski definition) is 7. The maximum atomic E-state index is 6.05. The van der Waals surface area contributed by atoms with Crippen LogP contribution in [0.2, 0.25) is 0 Å². The van der Waals surface area contributed by atoms with E-state index < -0.39 is 0 Å². The van der Waals surface area contributed by atoms with Crippen molar-refractivity contribution in [3.63, 3.8) is 0 Å². The molecule has 8 nitrogen and oxygen atoms in total. The van der Waals surface area contributed by atoms with Gasteiger partial charge in [0.25, 0.3) is 0 Å². The van der Waals surface area contributed by atoms with Gasteiger partial charge in [0.05, 0.1) is 21.3 Å². The minimum atomic E-state index is 0.406. The first-order valence-electron chi connectivity index (χ1n) is 9.39. The zero-order valence-electron chi connectivity index (χ0n) is 16.4. The lowest BCUT2D eigenvalue weighted by Gasteiger charge is -2.26. The summed E-state index contributed by atoms with van der Waals surface area (Å²) in [6.45, 7) is 0.896. The third-order valence-electron chi connectivity index (χ3n) is 5.39. The highest BCUT2D eigenvalue weighted by molar-refractivity contribution is 5.81. The fraction of sp³-hybridized carbons (Fsp3) is 0.450. The van der Waals surface area contributed by atoms with Crippen LogP contribution in [0.3, 0.4) is 0 Å². The van der Waals surface area contributed by atoms with E-state index >= 15 is 0 Å². The number of methoxy groups -OCH3 is 3. The maximum Gasteiger partial charge on any atom is 0.203 e. The van der Waals surface area contributed by atoms with Gasteiger partial charge in [0.1, 0.15) is 12.2 Å². The number of ether oxygens (including phenoxy) is 3. The molecule has 0 saturated heterocycles. The van der Waals surface area contributed by atoms with Gasteiger partial charge in [0.15, 0.2) is 28.5 Å². The summed E-state index contributed by atoms with van der Waals surface area (Å²) in [5.41, 5.74) is 8.51. The van der Waals surface area contributed by atoms with Crippen molar-refractivity contribution in [2.75, 3.05) is 27.1 Å². The molecule has 0 spiro atoms. The quantitative estimate of drug-likeness (QED) is 0.670. The lowest BCUT2D eigenvalue weighted by atomic mass is 9.85. The molecule has 1 aliphatic carbocycles. The monoisotopic (exact) mass is 383 g/mol. The summed E-state index contributed by atoms with van der Waals surface area (Å²) in [6, 6.07) is 3.90. The predicted molar refractivity (Wildman–Crippen MR) is 106 cm³/mol. The number of rotatable bonds is 7. The molecule has 0 bridgehead atoms. The molecule has 148 valence electrons. The Kier molecular flexibility index (Phi) is 4.93. The van der Waals surface area contributed by atoms with Crippen LogP contribution < -0.4 is 19.9 Å². The highest BCUT2D eigenvalue weighted by Gasteiger charge is 2.23. The van der Waals surface area contributed by atoms with Gasteiger partial charge in [-0.3, -0.25) is 0 Å². The van der Waals surface area contributed by atoms with Crippen LogP contribution in [0.5, 0.6) is 17.2 Å². The van der Waals surface area contributed by atoms with Crippen molar-refractivity contribution in [3.8, 4) is 17.2 Å². The number of benzene rings is 1. The summed E-state index contributed by atoms with van der Waals surface area (Å²) in [4.78, 5) is 13.3. The average Bonchev–Trinajstić information content (AvgIpc) is 3.02. The van der Waals surface area contributed by atoms with Gasteiger partial charge in [-0.1, -0.05) is 6.42 Å². The van der Waals surface area contributed by atoms with E-state index in [2.05, 4.69) is 14.5 Å². The van der Waals surface area contributed by atoms with Crippen molar-refractivity contribution < 1.29 is 14.2 Å². The summed E-state index contributed by atoms with van der Waals surface area (Å²) in [5, 5.41) is 0. The van der Waals surface area contributed by atoms with Gasteiger partial charge in [-0.05, 0) is 36.5 Å². The molecule has 1 aromatic carbocycles. The van der Waals surface area contributed by atoms with Gasteiger partial charge in [-0.2, -0.15) is 0 Å². The van der Waals surface area contributed by atoms with Crippen molar-refractivity contribution in [2.24, 2.45) is 5.92 Å². The first-order chi connectivity index (χ1) is 13.6. The highest BCUT2D eigenvalue weighted by Crippen LogP contribution is 2.39. The fourth-order valence-electron chi connectivity index (χ4n) is 3.68. The molecule has 0 amide bonds. The number of aromatic nitrogens is 4. The zero-order chi connectivity index (χ0) is 19.7. The van der Waals surface area contributed by atoms with Crippen LogP contribution in [0.15, 0.2) is 18.5 Å². The third kappa shape index (κ3) is 3.19. The first-order valence-corrected chi connectivity index (χ1v) is 9.39. The Morgan fingerprint density at radius 3 is 2.36 bits per heavy atom. The van der Waals surface area contributed by atoms with Crippen LogP contribution in [0.4, 0.5) is 5.82 Å². The molecule has 0 atom stereocenters. The molecule has 4 rings (SSSR count). The van der Waals surface area contributed by atoms with Crippen LogP contribution in [0.1, 0.15) is 30.7 Å². The molecule has 1 saturated carbocycles.